The number of nitrogens with zero attached hydrogens (tertiary/aromatic N) is 3. The third kappa shape index (κ3) is 7.11. The van der Waals surface area contributed by atoms with E-state index in [1.807, 2.05) is 4.90 Å². The molecule has 5 rings (SSSR count). The van der Waals surface area contributed by atoms with Crippen LogP contribution in [0.15, 0.2) is 53.5 Å². The third-order valence-electron chi connectivity index (χ3n) is 6.90. The zero-order valence-electron chi connectivity index (χ0n) is 23.0. The molecule has 3 amide bonds. The molecule has 1 aliphatic rings. The lowest BCUT2D eigenvalue weighted by molar-refractivity contribution is -0.105. The highest BCUT2D eigenvalue weighted by Gasteiger charge is 2.19. The molecule has 3 heterocycles. The number of carbonyl (C=O) groups excluding carboxylic acids is 2. The maximum atomic E-state index is 14.9. The van der Waals surface area contributed by atoms with Crippen LogP contribution in [-0.4, -0.2) is 53.2 Å². The van der Waals surface area contributed by atoms with Crippen molar-refractivity contribution in [1.29, 1.82) is 0 Å². The number of hydrogen-bond donors (Lipinski definition) is 3. The summed E-state index contributed by atoms with van der Waals surface area (Å²) >= 11 is 6.37. The number of fused-ring (bicyclic) bond motifs is 1. The van der Waals surface area contributed by atoms with Crippen LogP contribution in [0.3, 0.4) is 0 Å². The van der Waals surface area contributed by atoms with Crippen LogP contribution < -0.4 is 21.5 Å². The second-order valence-corrected chi connectivity index (χ2v) is 9.99. The van der Waals surface area contributed by atoms with Crippen molar-refractivity contribution in [2.75, 3.05) is 42.3 Å². The van der Waals surface area contributed by atoms with Gasteiger partial charge in [-0.1, -0.05) is 11.6 Å². The highest BCUT2D eigenvalue weighted by atomic mass is 35.5. The van der Waals surface area contributed by atoms with Crippen LogP contribution in [0, 0.1) is 11.6 Å². The van der Waals surface area contributed by atoms with Crippen LogP contribution in [0.25, 0.3) is 22.0 Å². The highest BCUT2D eigenvalue weighted by molar-refractivity contribution is 6.33. The molecular formula is C29H28Cl2F2N6O4. The van der Waals surface area contributed by atoms with Crippen molar-refractivity contribution < 1.29 is 23.1 Å². The number of benzene rings is 2. The lowest BCUT2D eigenvalue weighted by atomic mass is 10.0. The van der Waals surface area contributed by atoms with Gasteiger partial charge in [-0.25, -0.2) is 18.6 Å². The van der Waals surface area contributed by atoms with Gasteiger partial charge < -0.3 is 25.3 Å². The molecule has 0 spiro atoms. The van der Waals surface area contributed by atoms with Gasteiger partial charge in [0.2, 0.25) is 6.41 Å². The molecule has 0 atom stereocenters. The van der Waals surface area contributed by atoms with Gasteiger partial charge in [0.25, 0.3) is 5.56 Å². The van der Waals surface area contributed by atoms with Gasteiger partial charge >= 0.3 is 6.03 Å². The maximum Gasteiger partial charge on any atom is 0.323 e. The van der Waals surface area contributed by atoms with Gasteiger partial charge in [-0.05, 0) is 43.3 Å². The minimum absolute atomic E-state index is 0. The summed E-state index contributed by atoms with van der Waals surface area (Å²) in [6.45, 7) is 4.91. The molecule has 0 bridgehead atoms. The number of urea groups is 1. The predicted molar refractivity (Wildman–Crippen MR) is 164 cm³/mol. The molecule has 14 heteroatoms. The topological polar surface area (TPSA) is 118 Å². The number of pyridine rings is 2. The largest absolute Gasteiger partial charge is 0.379 e. The maximum absolute atomic E-state index is 14.9. The number of morpholine rings is 1. The van der Waals surface area contributed by atoms with Crippen LogP contribution in [0.1, 0.15) is 12.5 Å². The summed E-state index contributed by atoms with van der Waals surface area (Å²) in [4.78, 5) is 43.3. The van der Waals surface area contributed by atoms with Crippen LogP contribution >= 0.6 is 24.0 Å². The van der Waals surface area contributed by atoms with Crippen molar-refractivity contribution in [3.05, 3.63) is 81.2 Å². The number of aryl methyl sites for hydroxylation is 1. The molecule has 0 aliphatic carbocycles. The van der Waals surface area contributed by atoms with Crippen molar-refractivity contribution in [3.63, 3.8) is 0 Å². The Labute approximate surface area is 256 Å². The van der Waals surface area contributed by atoms with E-state index in [2.05, 4.69) is 20.9 Å². The number of nitrogens with one attached hydrogen (secondary N) is 3. The fraction of sp³-hybridized carbons (Fsp3) is 0.241. The average Bonchev–Trinajstić information content (AvgIpc) is 2.97. The minimum atomic E-state index is -0.811. The molecular weight excluding hydrogens is 605 g/mol. The fourth-order valence-electron chi connectivity index (χ4n) is 4.83. The second kappa shape index (κ2) is 13.9. The normalized spacial score (nSPS) is 13.3. The number of rotatable bonds is 8. The van der Waals surface area contributed by atoms with Crippen molar-refractivity contribution in [1.82, 2.24) is 14.5 Å². The lowest BCUT2D eigenvalue weighted by Crippen LogP contribution is -2.35. The van der Waals surface area contributed by atoms with E-state index in [9.17, 15) is 23.2 Å². The van der Waals surface area contributed by atoms with Gasteiger partial charge in [0.15, 0.2) is 0 Å². The van der Waals surface area contributed by atoms with E-state index in [1.54, 1.807) is 19.1 Å². The van der Waals surface area contributed by atoms with E-state index in [-0.39, 0.29) is 40.1 Å². The van der Waals surface area contributed by atoms with Gasteiger partial charge in [-0.2, -0.15) is 0 Å². The standard InChI is InChI=1S/C29H27ClF2N6O4.ClH/c1-2-38-26-13-27(34-16-39)33-14-17(26)10-21(28(38)40)20-11-25(24(32)12-22(20)30)36-29(41)35-19-3-4-23(31)18(9-19)15-37-5-7-42-8-6-37;/h3-4,9-14,16H,2,5-8,15H2,1H3,(H,33,34,39)(H2,35,36,41);1H. The number of hydrogen-bond acceptors (Lipinski definition) is 6. The molecule has 1 aliphatic heterocycles. The molecule has 2 aromatic heterocycles. The van der Waals surface area contributed by atoms with Gasteiger partial charge in [0.05, 0.1) is 29.4 Å². The minimum Gasteiger partial charge on any atom is -0.379 e. The molecule has 0 radical (unpaired) electrons. The molecule has 226 valence electrons. The van der Waals surface area contributed by atoms with E-state index in [4.69, 9.17) is 16.3 Å². The molecule has 10 nitrogen and oxygen atoms in total. The Morgan fingerprint density at radius 1 is 1.07 bits per heavy atom. The summed E-state index contributed by atoms with van der Waals surface area (Å²) in [6, 6.07) is 8.87. The predicted octanol–water partition coefficient (Wildman–Crippen LogP) is 5.48. The number of amides is 3. The molecule has 1 saturated heterocycles. The summed E-state index contributed by atoms with van der Waals surface area (Å²) in [6.07, 6.45) is 1.98. The second-order valence-electron chi connectivity index (χ2n) is 9.58. The first-order valence-electron chi connectivity index (χ1n) is 13.2. The van der Waals surface area contributed by atoms with Crippen LogP contribution in [0.2, 0.25) is 5.02 Å². The van der Waals surface area contributed by atoms with Crippen LogP contribution in [0.5, 0.6) is 0 Å². The molecule has 3 N–H and O–H groups in total. The summed E-state index contributed by atoms with van der Waals surface area (Å²) in [5.74, 6) is -0.937. The van der Waals surface area contributed by atoms with Gasteiger partial charge in [0.1, 0.15) is 17.5 Å². The zero-order chi connectivity index (χ0) is 29.8. The Kier molecular flexibility index (Phi) is 10.3. The van der Waals surface area contributed by atoms with Gasteiger partial charge in [-0.3, -0.25) is 14.5 Å². The van der Waals surface area contributed by atoms with Gasteiger partial charge in [0, 0.05) is 66.2 Å². The quantitative estimate of drug-likeness (QED) is 0.221. The van der Waals surface area contributed by atoms with Crippen molar-refractivity contribution >= 4 is 64.5 Å². The van der Waals surface area contributed by atoms with E-state index < -0.39 is 23.2 Å². The number of ether oxygens (including phenoxy) is 1. The van der Waals surface area contributed by atoms with E-state index in [0.717, 1.165) is 6.07 Å². The smallest absolute Gasteiger partial charge is 0.323 e. The molecule has 0 unspecified atom stereocenters. The molecule has 2 aromatic carbocycles. The summed E-state index contributed by atoms with van der Waals surface area (Å²) < 4.78 is 36.2. The zero-order valence-corrected chi connectivity index (χ0v) is 24.5. The monoisotopic (exact) mass is 632 g/mol. The summed E-state index contributed by atoms with van der Waals surface area (Å²) in [5.41, 5.74) is 1.01. The van der Waals surface area contributed by atoms with E-state index >= 15 is 0 Å². The SMILES string of the molecule is CCn1c(=O)c(-c2cc(NC(=O)Nc3ccc(F)c(CN4CCOCC4)c3)c(F)cc2Cl)cc2cnc(NC=O)cc21.Cl. The Hall–Kier alpha value is -4.10. The highest BCUT2D eigenvalue weighted by Crippen LogP contribution is 2.33. The van der Waals surface area contributed by atoms with Gasteiger partial charge in [-0.15, -0.1) is 12.4 Å². The number of halogens is 4. The van der Waals surface area contributed by atoms with E-state index in [1.165, 1.54) is 35.0 Å². The average molecular weight is 633 g/mol. The first-order chi connectivity index (χ1) is 20.3. The number of anilines is 3. The molecule has 43 heavy (non-hydrogen) atoms. The summed E-state index contributed by atoms with van der Waals surface area (Å²) in [7, 11) is 0. The fourth-order valence-corrected chi connectivity index (χ4v) is 5.08. The Balaban J connectivity index is 0.00000423. The van der Waals surface area contributed by atoms with Crippen molar-refractivity contribution in [2.24, 2.45) is 0 Å². The Bertz CT molecular complexity index is 1730. The first kappa shape index (κ1) is 31.8. The number of aromatic nitrogens is 2. The Morgan fingerprint density at radius 2 is 1.84 bits per heavy atom. The summed E-state index contributed by atoms with van der Waals surface area (Å²) in [5, 5.41) is 8.06. The number of carbonyl (C=O) groups is 2. The Morgan fingerprint density at radius 3 is 2.56 bits per heavy atom. The molecule has 4 aromatic rings. The lowest BCUT2D eigenvalue weighted by Gasteiger charge is -2.26. The van der Waals surface area contributed by atoms with E-state index in [0.29, 0.717) is 68.0 Å². The third-order valence-corrected chi connectivity index (χ3v) is 7.21. The van der Waals surface area contributed by atoms with Crippen LogP contribution in [-0.2, 0) is 22.6 Å². The molecule has 0 saturated carbocycles. The van der Waals surface area contributed by atoms with Crippen LogP contribution in [0.4, 0.5) is 30.8 Å². The first-order valence-corrected chi connectivity index (χ1v) is 13.5. The molecule has 1 fully saturated rings. The van der Waals surface area contributed by atoms with Crippen molar-refractivity contribution in [2.45, 2.75) is 20.0 Å². The van der Waals surface area contributed by atoms with Crippen molar-refractivity contribution in [3.8, 4) is 11.1 Å².